The number of amides is 3. The molecule has 2 heterocycles. The van der Waals surface area contributed by atoms with Gasteiger partial charge in [-0.2, -0.15) is 0 Å². The van der Waals surface area contributed by atoms with Gasteiger partial charge in [0.25, 0.3) is 11.6 Å². The van der Waals surface area contributed by atoms with Crippen LogP contribution >= 0.6 is 0 Å². The highest BCUT2D eigenvalue weighted by atomic mass is 16.6. The Morgan fingerprint density at radius 1 is 1.12 bits per heavy atom. The quantitative estimate of drug-likeness (QED) is 0.487. The number of rotatable bonds is 5. The molecule has 0 unspecified atom stereocenters. The van der Waals surface area contributed by atoms with Crippen molar-refractivity contribution in [2.75, 3.05) is 31.2 Å². The highest BCUT2D eigenvalue weighted by molar-refractivity contribution is 5.96. The van der Waals surface area contributed by atoms with Crippen LogP contribution in [0.25, 0.3) is 0 Å². The van der Waals surface area contributed by atoms with Crippen LogP contribution in [0.2, 0.25) is 0 Å². The van der Waals surface area contributed by atoms with Gasteiger partial charge in [0.15, 0.2) is 0 Å². The smallest absolute Gasteiger partial charge is 0.319 e. The van der Waals surface area contributed by atoms with Gasteiger partial charge >= 0.3 is 6.03 Å². The maximum Gasteiger partial charge on any atom is 0.319 e. The van der Waals surface area contributed by atoms with Gasteiger partial charge in [0.05, 0.1) is 29.9 Å². The van der Waals surface area contributed by atoms with E-state index >= 15 is 0 Å². The third-order valence-corrected chi connectivity index (χ3v) is 5.46. The number of benzene rings is 2. The number of nitro groups is 1. The summed E-state index contributed by atoms with van der Waals surface area (Å²) in [4.78, 5) is 37.4. The summed E-state index contributed by atoms with van der Waals surface area (Å²) in [6.45, 7) is 4.72. The van der Waals surface area contributed by atoms with E-state index in [9.17, 15) is 19.7 Å². The molecule has 4 rings (SSSR count). The van der Waals surface area contributed by atoms with Crippen LogP contribution in [0.3, 0.4) is 0 Å². The van der Waals surface area contributed by atoms with Crippen molar-refractivity contribution < 1.29 is 19.2 Å². The van der Waals surface area contributed by atoms with Gasteiger partial charge < -0.3 is 25.6 Å². The van der Waals surface area contributed by atoms with Crippen LogP contribution in [0.5, 0.6) is 0 Å². The van der Waals surface area contributed by atoms with Crippen molar-refractivity contribution in [2.24, 2.45) is 0 Å². The number of ether oxygens (including phenoxy) is 1. The van der Waals surface area contributed by atoms with Crippen molar-refractivity contribution in [2.45, 2.75) is 13.0 Å². The minimum absolute atomic E-state index is 0.0956. The zero-order valence-electron chi connectivity index (χ0n) is 17.5. The number of allylic oxidation sites excluding steroid dienone is 1. The monoisotopic (exact) mass is 437 g/mol. The van der Waals surface area contributed by atoms with E-state index in [-0.39, 0.29) is 17.3 Å². The largest absolute Gasteiger partial charge is 0.378 e. The van der Waals surface area contributed by atoms with Gasteiger partial charge in [0.2, 0.25) is 0 Å². The second-order valence-electron chi connectivity index (χ2n) is 7.52. The molecular weight excluding hydrogens is 414 g/mol. The Bertz CT molecular complexity index is 1060. The maximum atomic E-state index is 12.8. The molecule has 0 aliphatic carbocycles. The summed E-state index contributed by atoms with van der Waals surface area (Å²) in [5.74, 6) is -0.429. The standard InChI is InChI=1S/C22H23N5O5/c1-14-19(24-21(28)16-4-8-18(9-5-16)27(30)31)20(25-22(29)23-14)15-2-6-17(7-3-15)26-10-12-32-13-11-26/h2-9,20H,10-13H2,1H3,(H,24,28)(H2,23,25,29)/t20-/m0/s1. The van der Waals surface area contributed by atoms with E-state index in [1.54, 1.807) is 6.92 Å². The summed E-state index contributed by atoms with van der Waals surface area (Å²) in [5.41, 5.74) is 3.08. The van der Waals surface area contributed by atoms with E-state index < -0.39 is 16.9 Å². The van der Waals surface area contributed by atoms with Gasteiger partial charge in [-0.15, -0.1) is 0 Å². The number of non-ortho nitro benzene ring substituents is 1. The van der Waals surface area contributed by atoms with E-state index in [1.807, 2.05) is 24.3 Å². The maximum absolute atomic E-state index is 12.8. The van der Waals surface area contributed by atoms with Crippen LogP contribution in [-0.4, -0.2) is 43.2 Å². The normalized spacial score (nSPS) is 18.6. The zero-order chi connectivity index (χ0) is 22.7. The summed E-state index contributed by atoms with van der Waals surface area (Å²) in [6.07, 6.45) is 0. The second kappa shape index (κ2) is 9.06. The fourth-order valence-corrected chi connectivity index (χ4v) is 3.74. The Morgan fingerprint density at radius 3 is 2.41 bits per heavy atom. The van der Waals surface area contributed by atoms with Gasteiger partial charge in [-0.1, -0.05) is 12.1 Å². The molecule has 3 N–H and O–H groups in total. The SMILES string of the molecule is CC1=C(NC(=O)c2ccc([N+](=O)[O-])cc2)[C@H](c2ccc(N3CCOCC3)cc2)NC(=O)N1. The predicted octanol–water partition coefficient (Wildman–Crippen LogP) is 2.45. The topological polar surface area (TPSA) is 126 Å². The molecule has 0 aromatic heterocycles. The van der Waals surface area contributed by atoms with Crippen molar-refractivity contribution in [1.29, 1.82) is 0 Å². The Morgan fingerprint density at radius 2 is 1.78 bits per heavy atom. The number of hydrogen-bond acceptors (Lipinski definition) is 6. The first-order valence-corrected chi connectivity index (χ1v) is 10.2. The molecule has 0 saturated carbocycles. The molecule has 1 fully saturated rings. The first-order chi connectivity index (χ1) is 15.4. The lowest BCUT2D eigenvalue weighted by Gasteiger charge is -2.31. The number of urea groups is 1. The average molecular weight is 437 g/mol. The van der Waals surface area contributed by atoms with E-state index in [0.29, 0.717) is 24.6 Å². The number of anilines is 1. The summed E-state index contributed by atoms with van der Waals surface area (Å²) < 4.78 is 5.39. The molecule has 166 valence electrons. The third-order valence-electron chi connectivity index (χ3n) is 5.46. The minimum Gasteiger partial charge on any atom is -0.378 e. The second-order valence-corrected chi connectivity index (χ2v) is 7.52. The number of nitrogens with zero attached hydrogens (tertiary/aromatic N) is 2. The van der Waals surface area contributed by atoms with Crippen LogP contribution in [0.15, 0.2) is 59.9 Å². The van der Waals surface area contributed by atoms with E-state index in [0.717, 1.165) is 24.3 Å². The first kappa shape index (κ1) is 21.3. The van der Waals surface area contributed by atoms with Crippen LogP contribution in [0, 0.1) is 10.1 Å². The highest BCUT2D eigenvalue weighted by Gasteiger charge is 2.28. The van der Waals surface area contributed by atoms with E-state index in [4.69, 9.17) is 4.74 Å². The molecule has 0 bridgehead atoms. The van der Waals surface area contributed by atoms with Crippen molar-refractivity contribution in [1.82, 2.24) is 16.0 Å². The number of carbonyl (C=O) groups excluding carboxylic acids is 2. The molecular formula is C22H23N5O5. The van der Waals surface area contributed by atoms with Crippen molar-refractivity contribution in [3.63, 3.8) is 0 Å². The van der Waals surface area contributed by atoms with Gasteiger partial charge in [0, 0.05) is 42.2 Å². The van der Waals surface area contributed by atoms with E-state index in [2.05, 4.69) is 20.9 Å². The van der Waals surface area contributed by atoms with Crippen LogP contribution < -0.4 is 20.9 Å². The lowest BCUT2D eigenvalue weighted by Crippen LogP contribution is -2.47. The molecule has 2 aromatic carbocycles. The lowest BCUT2D eigenvalue weighted by atomic mass is 10.00. The zero-order valence-corrected chi connectivity index (χ0v) is 17.5. The van der Waals surface area contributed by atoms with Gasteiger partial charge in [-0.25, -0.2) is 4.79 Å². The van der Waals surface area contributed by atoms with Crippen molar-refractivity contribution in [3.8, 4) is 0 Å². The molecule has 1 saturated heterocycles. The van der Waals surface area contributed by atoms with Gasteiger partial charge in [-0.05, 0) is 36.8 Å². The Hall–Kier alpha value is -3.92. The highest BCUT2D eigenvalue weighted by Crippen LogP contribution is 2.27. The Kier molecular flexibility index (Phi) is 6.04. The van der Waals surface area contributed by atoms with Crippen molar-refractivity contribution in [3.05, 3.63) is 81.2 Å². The van der Waals surface area contributed by atoms with Crippen LogP contribution in [0.4, 0.5) is 16.2 Å². The molecule has 0 spiro atoms. The average Bonchev–Trinajstić information content (AvgIpc) is 2.81. The summed E-state index contributed by atoms with van der Waals surface area (Å²) >= 11 is 0. The summed E-state index contributed by atoms with van der Waals surface area (Å²) in [7, 11) is 0. The molecule has 2 aromatic rings. The predicted molar refractivity (Wildman–Crippen MR) is 117 cm³/mol. The number of nitro benzene ring substituents is 1. The fraction of sp³-hybridized carbons (Fsp3) is 0.273. The number of nitrogens with one attached hydrogen (secondary N) is 3. The number of morpholine rings is 1. The molecule has 10 heteroatoms. The Labute approximate surface area is 184 Å². The molecule has 1 atom stereocenters. The van der Waals surface area contributed by atoms with Gasteiger partial charge in [-0.3, -0.25) is 14.9 Å². The number of carbonyl (C=O) groups is 2. The fourth-order valence-electron chi connectivity index (χ4n) is 3.74. The molecule has 2 aliphatic rings. The van der Waals surface area contributed by atoms with Crippen molar-refractivity contribution >= 4 is 23.3 Å². The molecule has 0 radical (unpaired) electrons. The lowest BCUT2D eigenvalue weighted by molar-refractivity contribution is -0.384. The summed E-state index contributed by atoms with van der Waals surface area (Å²) in [6, 6.07) is 12.2. The van der Waals surface area contributed by atoms with Crippen LogP contribution in [0.1, 0.15) is 28.9 Å². The summed E-state index contributed by atoms with van der Waals surface area (Å²) in [5, 5.41) is 19.2. The Balaban J connectivity index is 1.55. The first-order valence-electron chi connectivity index (χ1n) is 10.2. The molecule has 10 nitrogen and oxygen atoms in total. The van der Waals surface area contributed by atoms with Crippen LogP contribution in [-0.2, 0) is 4.74 Å². The van der Waals surface area contributed by atoms with E-state index in [1.165, 1.54) is 24.3 Å². The number of hydrogen-bond donors (Lipinski definition) is 3. The van der Waals surface area contributed by atoms with Gasteiger partial charge in [0.1, 0.15) is 0 Å². The molecule has 3 amide bonds. The molecule has 2 aliphatic heterocycles. The third kappa shape index (κ3) is 4.54. The minimum atomic E-state index is -0.551. The molecule has 32 heavy (non-hydrogen) atoms.